The fraction of sp³-hybridized carbons (Fsp3) is 0.188. The summed E-state index contributed by atoms with van der Waals surface area (Å²) in [5.41, 5.74) is 0.415. The molecule has 0 heterocycles. The maximum atomic E-state index is 13.5. The highest BCUT2D eigenvalue weighted by Crippen LogP contribution is 2.26. The van der Waals surface area contributed by atoms with Crippen LogP contribution in [0.3, 0.4) is 0 Å². The Morgan fingerprint density at radius 2 is 1.84 bits per heavy atom. The van der Waals surface area contributed by atoms with Crippen LogP contribution < -0.4 is 9.62 Å². The first-order valence-corrected chi connectivity index (χ1v) is 9.71. The SMILES string of the molecule is C[C@@H](C(=O)Nc1ccc(Cl)c(Cl)c1)N(c1cccc(F)c1)S(C)(=O)=O. The van der Waals surface area contributed by atoms with Crippen molar-refractivity contribution in [3.05, 3.63) is 58.3 Å². The van der Waals surface area contributed by atoms with Crippen molar-refractivity contribution in [1.29, 1.82) is 0 Å². The summed E-state index contributed by atoms with van der Waals surface area (Å²) in [7, 11) is -3.83. The summed E-state index contributed by atoms with van der Waals surface area (Å²) in [5, 5.41) is 3.14. The van der Waals surface area contributed by atoms with Crippen molar-refractivity contribution in [2.75, 3.05) is 15.9 Å². The Hall–Kier alpha value is -1.83. The lowest BCUT2D eigenvalue weighted by Crippen LogP contribution is -2.45. The molecule has 2 aromatic rings. The van der Waals surface area contributed by atoms with E-state index in [9.17, 15) is 17.6 Å². The molecule has 1 amide bonds. The molecule has 0 saturated carbocycles. The fourth-order valence-corrected chi connectivity index (χ4v) is 3.71. The van der Waals surface area contributed by atoms with Crippen LogP contribution in [-0.4, -0.2) is 26.6 Å². The summed E-state index contributed by atoms with van der Waals surface area (Å²) < 4.78 is 38.6. The van der Waals surface area contributed by atoms with Crippen molar-refractivity contribution in [3.8, 4) is 0 Å². The summed E-state index contributed by atoms with van der Waals surface area (Å²) in [6.45, 7) is 1.40. The summed E-state index contributed by atoms with van der Waals surface area (Å²) >= 11 is 11.7. The van der Waals surface area contributed by atoms with Crippen LogP contribution in [0.4, 0.5) is 15.8 Å². The minimum absolute atomic E-state index is 0.0549. The number of amides is 1. The number of hydrogen-bond donors (Lipinski definition) is 1. The first kappa shape index (κ1) is 19.5. The molecule has 9 heteroatoms. The van der Waals surface area contributed by atoms with Gasteiger partial charge in [0.25, 0.3) is 0 Å². The van der Waals surface area contributed by atoms with Gasteiger partial charge in [0.2, 0.25) is 15.9 Å². The van der Waals surface area contributed by atoms with Crippen LogP contribution in [0.5, 0.6) is 0 Å². The van der Waals surface area contributed by atoms with Crippen molar-refractivity contribution in [2.24, 2.45) is 0 Å². The average Bonchev–Trinajstić information content (AvgIpc) is 2.49. The third-order valence-electron chi connectivity index (χ3n) is 3.34. The maximum absolute atomic E-state index is 13.5. The van der Waals surface area contributed by atoms with Gasteiger partial charge in [-0.2, -0.15) is 0 Å². The molecule has 0 aliphatic heterocycles. The molecule has 0 aliphatic carbocycles. The summed E-state index contributed by atoms with van der Waals surface area (Å²) in [5.74, 6) is -1.21. The Bertz CT molecular complexity index is 906. The van der Waals surface area contributed by atoms with Crippen LogP contribution in [-0.2, 0) is 14.8 Å². The predicted molar refractivity (Wildman–Crippen MR) is 98.3 cm³/mol. The molecule has 134 valence electrons. The zero-order valence-electron chi connectivity index (χ0n) is 13.3. The number of rotatable bonds is 5. The van der Waals surface area contributed by atoms with Gasteiger partial charge in [-0.05, 0) is 43.3 Å². The van der Waals surface area contributed by atoms with Crippen LogP contribution in [0.2, 0.25) is 10.0 Å². The normalized spacial score (nSPS) is 12.5. The van der Waals surface area contributed by atoms with E-state index in [1.807, 2.05) is 0 Å². The van der Waals surface area contributed by atoms with Crippen LogP contribution >= 0.6 is 23.2 Å². The van der Waals surface area contributed by atoms with Crippen LogP contribution in [0.15, 0.2) is 42.5 Å². The topological polar surface area (TPSA) is 66.5 Å². The van der Waals surface area contributed by atoms with Crippen molar-refractivity contribution in [1.82, 2.24) is 0 Å². The molecule has 0 aromatic heterocycles. The first-order chi connectivity index (χ1) is 11.6. The standard InChI is InChI=1S/C16H15Cl2FN2O3S/c1-10(16(22)20-12-6-7-14(17)15(18)9-12)21(25(2,23)24)13-5-3-4-11(19)8-13/h3-10H,1-2H3,(H,20,22)/t10-/m0/s1. The smallest absolute Gasteiger partial charge is 0.247 e. The number of nitrogens with zero attached hydrogens (tertiary/aromatic N) is 1. The summed E-state index contributed by atoms with van der Waals surface area (Å²) in [6, 6.07) is 8.37. The highest BCUT2D eigenvalue weighted by molar-refractivity contribution is 7.92. The molecular formula is C16H15Cl2FN2O3S. The number of nitrogens with one attached hydrogen (secondary N) is 1. The molecule has 1 atom stereocenters. The molecule has 0 radical (unpaired) electrons. The fourth-order valence-electron chi connectivity index (χ4n) is 2.24. The van der Waals surface area contributed by atoms with Gasteiger partial charge in [-0.3, -0.25) is 9.10 Å². The number of hydrogen-bond acceptors (Lipinski definition) is 3. The van der Waals surface area contributed by atoms with E-state index in [2.05, 4.69) is 5.32 Å². The van der Waals surface area contributed by atoms with Crippen molar-refractivity contribution < 1.29 is 17.6 Å². The summed E-state index contributed by atoms with van der Waals surface area (Å²) in [6.07, 6.45) is 0.945. The molecule has 2 aromatic carbocycles. The second kappa shape index (κ2) is 7.59. The molecule has 25 heavy (non-hydrogen) atoms. The Morgan fingerprint density at radius 1 is 1.16 bits per heavy atom. The average molecular weight is 405 g/mol. The number of anilines is 2. The Kier molecular flexibility index (Phi) is 5.92. The quantitative estimate of drug-likeness (QED) is 0.820. The van der Waals surface area contributed by atoms with Crippen molar-refractivity contribution in [2.45, 2.75) is 13.0 Å². The lowest BCUT2D eigenvalue weighted by atomic mass is 10.2. The van der Waals surface area contributed by atoms with Crippen LogP contribution in [0, 0.1) is 5.82 Å². The van der Waals surface area contributed by atoms with E-state index in [1.54, 1.807) is 0 Å². The van der Waals surface area contributed by atoms with Crippen molar-refractivity contribution in [3.63, 3.8) is 0 Å². The number of benzene rings is 2. The Labute approximate surface area is 155 Å². The second-order valence-electron chi connectivity index (χ2n) is 5.33. The molecule has 1 N–H and O–H groups in total. The van der Waals surface area contributed by atoms with Crippen LogP contribution in [0.25, 0.3) is 0 Å². The molecule has 2 rings (SSSR count). The maximum Gasteiger partial charge on any atom is 0.247 e. The molecule has 5 nitrogen and oxygen atoms in total. The van der Waals surface area contributed by atoms with E-state index >= 15 is 0 Å². The molecule has 0 spiro atoms. The lowest BCUT2D eigenvalue weighted by molar-refractivity contribution is -0.116. The predicted octanol–water partition coefficient (Wildman–Crippen LogP) is 3.93. The van der Waals surface area contributed by atoms with E-state index in [4.69, 9.17) is 23.2 Å². The molecule has 0 bridgehead atoms. The molecular weight excluding hydrogens is 390 g/mol. The zero-order chi connectivity index (χ0) is 18.8. The van der Waals surface area contributed by atoms with E-state index in [0.717, 1.165) is 16.6 Å². The third-order valence-corrected chi connectivity index (χ3v) is 5.32. The summed E-state index contributed by atoms with van der Waals surface area (Å²) in [4.78, 5) is 12.5. The Morgan fingerprint density at radius 3 is 2.40 bits per heavy atom. The number of halogens is 3. The van der Waals surface area contributed by atoms with E-state index < -0.39 is 27.8 Å². The first-order valence-electron chi connectivity index (χ1n) is 7.10. The van der Waals surface area contributed by atoms with E-state index in [0.29, 0.717) is 10.7 Å². The van der Waals surface area contributed by atoms with Gasteiger partial charge in [-0.25, -0.2) is 12.8 Å². The zero-order valence-corrected chi connectivity index (χ0v) is 15.7. The lowest BCUT2D eigenvalue weighted by Gasteiger charge is -2.28. The minimum atomic E-state index is -3.83. The van der Waals surface area contributed by atoms with Gasteiger partial charge in [0.05, 0.1) is 22.0 Å². The minimum Gasteiger partial charge on any atom is -0.324 e. The van der Waals surface area contributed by atoms with Gasteiger partial charge in [0, 0.05) is 5.69 Å². The Balaban J connectivity index is 2.31. The van der Waals surface area contributed by atoms with Gasteiger partial charge in [0.1, 0.15) is 11.9 Å². The monoisotopic (exact) mass is 404 g/mol. The third kappa shape index (κ3) is 4.84. The number of sulfonamides is 1. The van der Waals surface area contributed by atoms with E-state index in [1.165, 1.54) is 43.3 Å². The van der Waals surface area contributed by atoms with Gasteiger partial charge in [-0.15, -0.1) is 0 Å². The largest absolute Gasteiger partial charge is 0.324 e. The van der Waals surface area contributed by atoms with Crippen LogP contribution in [0.1, 0.15) is 6.92 Å². The van der Waals surface area contributed by atoms with E-state index in [-0.39, 0.29) is 10.7 Å². The van der Waals surface area contributed by atoms with Gasteiger partial charge in [0.15, 0.2) is 0 Å². The van der Waals surface area contributed by atoms with Gasteiger partial charge < -0.3 is 5.32 Å². The highest BCUT2D eigenvalue weighted by atomic mass is 35.5. The number of carbonyl (C=O) groups excluding carboxylic acids is 1. The van der Waals surface area contributed by atoms with Gasteiger partial charge >= 0.3 is 0 Å². The number of carbonyl (C=O) groups is 1. The van der Waals surface area contributed by atoms with Gasteiger partial charge in [-0.1, -0.05) is 29.3 Å². The molecule has 0 aliphatic rings. The highest BCUT2D eigenvalue weighted by Gasteiger charge is 2.29. The molecule has 0 fully saturated rings. The molecule has 0 unspecified atom stereocenters. The second-order valence-corrected chi connectivity index (χ2v) is 8.01. The van der Waals surface area contributed by atoms with Crippen molar-refractivity contribution >= 4 is 50.5 Å². The molecule has 0 saturated heterocycles.